The average molecular weight is 261 g/mol. The molecule has 17 heavy (non-hydrogen) atoms. The summed E-state index contributed by atoms with van der Waals surface area (Å²) < 4.78 is 0. The monoisotopic (exact) mass is 261 g/mol. The fraction of sp³-hybridized carbons (Fsp3) is 0.923. The van der Waals surface area contributed by atoms with E-state index in [0.717, 1.165) is 11.5 Å². The first kappa shape index (κ1) is 16.8. The predicted octanol–water partition coefficient (Wildman–Crippen LogP) is 3.27. The van der Waals surface area contributed by atoms with Gasteiger partial charge in [-0.1, -0.05) is 45.4 Å². The van der Waals surface area contributed by atoms with Crippen LogP contribution in [0.25, 0.3) is 0 Å². The highest BCUT2D eigenvalue weighted by Gasteiger charge is 2.09. The Morgan fingerprint density at radius 3 is 2.29 bits per heavy atom. The summed E-state index contributed by atoms with van der Waals surface area (Å²) in [6.07, 6.45) is 9.88. The van der Waals surface area contributed by atoms with Crippen LogP contribution >= 0.6 is 11.8 Å². The molecule has 0 aromatic carbocycles. The van der Waals surface area contributed by atoms with Crippen molar-refractivity contribution in [3.63, 3.8) is 0 Å². The first-order chi connectivity index (χ1) is 8.18. The van der Waals surface area contributed by atoms with Gasteiger partial charge in [-0.3, -0.25) is 4.79 Å². The highest BCUT2D eigenvalue weighted by Crippen LogP contribution is 2.11. The molecule has 3 N–H and O–H groups in total. The maximum Gasteiger partial charge on any atom is 0.320 e. The Bertz CT molecular complexity index is 188. The van der Waals surface area contributed by atoms with Crippen LogP contribution in [0.4, 0.5) is 0 Å². The lowest BCUT2D eigenvalue weighted by atomic mass is 10.1. The summed E-state index contributed by atoms with van der Waals surface area (Å²) in [5.41, 5.74) is 5.41. The van der Waals surface area contributed by atoms with E-state index in [2.05, 4.69) is 6.92 Å². The highest BCUT2D eigenvalue weighted by molar-refractivity contribution is 7.99. The zero-order chi connectivity index (χ0) is 12.9. The Kier molecular flexibility index (Phi) is 12.1. The maximum absolute atomic E-state index is 10.5. The van der Waals surface area contributed by atoms with Gasteiger partial charge in [0.1, 0.15) is 6.04 Å². The van der Waals surface area contributed by atoms with Crippen molar-refractivity contribution in [3.8, 4) is 0 Å². The van der Waals surface area contributed by atoms with Gasteiger partial charge < -0.3 is 10.8 Å². The third-order valence-corrected chi connectivity index (χ3v) is 3.88. The first-order valence-electron chi connectivity index (χ1n) is 6.74. The largest absolute Gasteiger partial charge is 0.480 e. The predicted molar refractivity (Wildman–Crippen MR) is 75.5 cm³/mol. The van der Waals surface area contributed by atoms with Crippen LogP contribution in [-0.2, 0) is 4.79 Å². The average Bonchev–Trinajstić information content (AvgIpc) is 2.31. The number of unbranched alkanes of at least 4 members (excludes halogenated alkanes) is 6. The van der Waals surface area contributed by atoms with Gasteiger partial charge in [0.2, 0.25) is 0 Å². The van der Waals surface area contributed by atoms with Gasteiger partial charge in [0.25, 0.3) is 0 Å². The zero-order valence-corrected chi connectivity index (χ0v) is 11.8. The van der Waals surface area contributed by atoms with Gasteiger partial charge in [0.15, 0.2) is 0 Å². The molecule has 0 saturated heterocycles. The number of nitrogens with two attached hydrogens (primary N) is 1. The summed E-state index contributed by atoms with van der Waals surface area (Å²) >= 11 is 1.82. The first-order valence-corrected chi connectivity index (χ1v) is 7.90. The summed E-state index contributed by atoms with van der Waals surface area (Å²) in [5.74, 6) is 1.12. The van der Waals surface area contributed by atoms with Crippen LogP contribution in [0.5, 0.6) is 0 Å². The number of carbonyl (C=O) groups is 1. The second-order valence-electron chi connectivity index (χ2n) is 4.47. The summed E-state index contributed by atoms with van der Waals surface area (Å²) in [7, 11) is 0. The van der Waals surface area contributed by atoms with Crippen molar-refractivity contribution in [1.29, 1.82) is 0 Å². The highest BCUT2D eigenvalue weighted by atomic mass is 32.2. The van der Waals surface area contributed by atoms with Crippen molar-refractivity contribution in [2.45, 2.75) is 64.3 Å². The van der Waals surface area contributed by atoms with Crippen LogP contribution in [0.3, 0.4) is 0 Å². The van der Waals surface area contributed by atoms with E-state index in [1.165, 1.54) is 44.9 Å². The van der Waals surface area contributed by atoms with E-state index in [1.54, 1.807) is 0 Å². The Balaban J connectivity index is 3.06. The molecule has 0 spiro atoms. The Labute approximate surface area is 110 Å². The molecule has 0 heterocycles. The lowest BCUT2D eigenvalue weighted by Crippen LogP contribution is -2.30. The number of hydrogen-bond donors (Lipinski definition) is 2. The number of hydrogen-bond acceptors (Lipinski definition) is 3. The standard InChI is InChI=1S/C13H27NO2S/c1-2-3-4-5-6-7-8-10-17-11-9-12(14)13(15)16/h12H,2-11,14H2,1H3,(H,15,16). The van der Waals surface area contributed by atoms with Crippen LogP contribution in [0.1, 0.15) is 58.3 Å². The van der Waals surface area contributed by atoms with Gasteiger partial charge in [-0.25, -0.2) is 0 Å². The lowest BCUT2D eigenvalue weighted by molar-refractivity contribution is -0.138. The minimum absolute atomic E-state index is 0.580. The van der Waals surface area contributed by atoms with Gasteiger partial charge in [0.05, 0.1) is 0 Å². The van der Waals surface area contributed by atoms with Crippen molar-refractivity contribution in [2.24, 2.45) is 5.73 Å². The molecule has 102 valence electrons. The molecule has 0 aliphatic carbocycles. The van der Waals surface area contributed by atoms with E-state index in [9.17, 15) is 4.79 Å². The Morgan fingerprint density at radius 1 is 1.12 bits per heavy atom. The molecular weight excluding hydrogens is 234 g/mol. The van der Waals surface area contributed by atoms with Gasteiger partial charge >= 0.3 is 5.97 Å². The molecule has 0 aromatic heterocycles. The quantitative estimate of drug-likeness (QED) is 0.529. The van der Waals surface area contributed by atoms with E-state index in [0.29, 0.717) is 6.42 Å². The van der Waals surface area contributed by atoms with Crippen LogP contribution in [0, 0.1) is 0 Å². The number of carboxylic acid groups (broad SMARTS) is 1. The van der Waals surface area contributed by atoms with Crippen molar-refractivity contribution in [2.75, 3.05) is 11.5 Å². The third-order valence-electron chi connectivity index (χ3n) is 2.78. The van der Waals surface area contributed by atoms with Gasteiger partial charge in [-0.15, -0.1) is 0 Å². The number of rotatable bonds is 12. The normalized spacial score (nSPS) is 12.6. The molecule has 0 aliphatic heterocycles. The molecule has 0 amide bonds. The van der Waals surface area contributed by atoms with E-state index in [4.69, 9.17) is 10.8 Å². The topological polar surface area (TPSA) is 63.3 Å². The summed E-state index contributed by atoms with van der Waals surface area (Å²) in [5, 5.41) is 8.59. The number of thioether (sulfide) groups is 1. The molecule has 1 unspecified atom stereocenters. The van der Waals surface area contributed by atoms with Crippen LogP contribution < -0.4 is 5.73 Å². The molecule has 4 heteroatoms. The van der Waals surface area contributed by atoms with Crippen molar-refractivity contribution in [1.82, 2.24) is 0 Å². The molecule has 1 atom stereocenters. The SMILES string of the molecule is CCCCCCCCCSCCC(N)C(=O)O. The Morgan fingerprint density at radius 2 is 1.71 bits per heavy atom. The molecular formula is C13H27NO2S. The van der Waals surface area contributed by atoms with Gasteiger partial charge in [0, 0.05) is 0 Å². The lowest BCUT2D eigenvalue weighted by Gasteiger charge is -2.05. The molecule has 0 saturated carbocycles. The second-order valence-corrected chi connectivity index (χ2v) is 5.69. The number of carboxylic acids is 1. The van der Waals surface area contributed by atoms with Crippen molar-refractivity contribution >= 4 is 17.7 Å². The van der Waals surface area contributed by atoms with E-state index in [1.807, 2.05) is 11.8 Å². The molecule has 0 radical (unpaired) electrons. The van der Waals surface area contributed by atoms with E-state index >= 15 is 0 Å². The molecule has 3 nitrogen and oxygen atoms in total. The molecule has 0 aromatic rings. The molecule has 0 aliphatic rings. The van der Waals surface area contributed by atoms with E-state index < -0.39 is 12.0 Å². The third kappa shape index (κ3) is 12.0. The van der Waals surface area contributed by atoms with Gasteiger partial charge in [-0.05, 0) is 24.3 Å². The summed E-state index contributed by atoms with van der Waals surface area (Å²) in [6, 6.07) is -0.684. The molecule has 0 fully saturated rings. The maximum atomic E-state index is 10.5. The number of aliphatic carboxylic acids is 1. The summed E-state index contributed by atoms with van der Waals surface area (Å²) in [6.45, 7) is 2.23. The van der Waals surface area contributed by atoms with Crippen LogP contribution in [-0.4, -0.2) is 28.6 Å². The summed E-state index contributed by atoms with van der Waals surface area (Å²) in [4.78, 5) is 10.5. The Hall–Kier alpha value is -0.220. The van der Waals surface area contributed by atoms with Crippen LogP contribution in [0.15, 0.2) is 0 Å². The zero-order valence-electron chi connectivity index (χ0n) is 11.0. The minimum atomic E-state index is -0.887. The van der Waals surface area contributed by atoms with Gasteiger partial charge in [-0.2, -0.15) is 11.8 Å². The molecule has 0 bridgehead atoms. The smallest absolute Gasteiger partial charge is 0.320 e. The van der Waals surface area contributed by atoms with Crippen molar-refractivity contribution in [3.05, 3.63) is 0 Å². The van der Waals surface area contributed by atoms with Crippen LogP contribution in [0.2, 0.25) is 0 Å². The van der Waals surface area contributed by atoms with E-state index in [-0.39, 0.29) is 0 Å². The minimum Gasteiger partial charge on any atom is -0.480 e. The fourth-order valence-electron chi connectivity index (χ4n) is 1.60. The van der Waals surface area contributed by atoms with Crippen molar-refractivity contribution < 1.29 is 9.90 Å². The second kappa shape index (κ2) is 12.2. The fourth-order valence-corrected chi connectivity index (χ4v) is 2.63. The molecule has 0 rings (SSSR count).